The molecular formula is C13H14N6. The predicted octanol–water partition coefficient (Wildman–Crippen LogP) is 1.64. The van der Waals surface area contributed by atoms with Crippen LogP contribution in [0.15, 0.2) is 36.9 Å². The molecule has 0 aliphatic carbocycles. The van der Waals surface area contributed by atoms with Gasteiger partial charge in [0.2, 0.25) is 0 Å². The molecule has 0 atom stereocenters. The van der Waals surface area contributed by atoms with Gasteiger partial charge in [-0.25, -0.2) is 9.97 Å². The van der Waals surface area contributed by atoms with Crippen molar-refractivity contribution in [3.63, 3.8) is 0 Å². The molecule has 0 bridgehead atoms. The molecule has 0 amide bonds. The van der Waals surface area contributed by atoms with Crippen LogP contribution in [-0.4, -0.2) is 31.5 Å². The Morgan fingerprint density at radius 3 is 3.05 bits per heavy atom. The van der Waals surface area contributed by atoms with Crippen molar-refractivity contribution >= 4 is 16.7 Å². The number of nitrogens with zero attached hydrogens (tertiary/aromatic N) is 5. The molecule has 2 aromatic heterocycles. The van der Waals surface area contributed by atoms with Crippen molar-refractivity contribution in [1.82, 2.24) is 25.0 Å². The second-order valence-corrected chi connectivity index (χ2v) is 4.34. The van der Waals surface area contributed by atoms with Gasteiger partial charge in [0.05, 0.1) is 18.3 Å². The Hall–Kier alpha value is -2.50. The van der Waals surface area contributed by atoms with Gasteiger partial charge in [-0.2, -0.15) is 0 Å². The standard InChI is InChI=1S/C13H14N6/c1-10-2-3-12-11(8-10)13(16-9-15-12)14-4-6-19-7-5-17-18-19/h2-3,5,7-9H,4,6H2,1H3,(H,14,15,16). The Labute approximate surface area is 110 Å². The summed E-state index contributed by atoms with van der Waals surface area (Å²) in [6.07, 6.45) is 5.09. The Kier molecular flexibility index (Phi) is 3.06. The molecule has 0 aliphatic rings. The van der Waals surface area contributed by atoms with Crippen LogP contribution in [0.1, 0.15) is 5.56 Å². The van der Waals surface area contributed by atoms with Crippen molar-refractivity contribution in [2.75, 3.05) is 11.9 Å². The average molecular weight is 254 g/mol. The number of aromatic nitrogens is 5. The quantitative estimate of drug-likeness (QED) is 0.766. The fraction of sp³-hybridized carbons (Fsp3) is 0.231. The van der Waals surface area contributed by atoms with E-state index in [4.69, 9.17) is 0 Å². The summed E-state index contributed by atoms with van der Waals surface area (Å²) in [6, 6.07) is 6.15. The van der Waals surface area contributed by atoms with Crippen LogP contribution >= 0.6 is 0 Å². The summed E-state index contributed by atoms with van der Waals surface area (Å²) in [6.45, 7) is 3.55. The molecule has 6 heteroatoms. The van der Waals surface area contributed by atoms with Gasteiger partial charge in [-0.15, -0.1) is 5.10 Å². The first-order chi connectivity index (χ1) is 9.33. The summed E-state index contributed by atoms with van der Waals surface area (Å²) < 4.78 is 1.78. The van der Waals surface area contributed by atoms with Crippen LogP contribution < -0.4 is 5.32 Å². The molecule has 0 fully saturated rings. The fourth-order valence-corrected chi connectivity index (χ4v) is 1.95. The topological polar surface area (TPSA) is 68.5 Å². The maximum atomic E-state index is 4.30. The monoisotopic (exact) mass is 254 g/mol. The smallest absolute Gasteiger partial charge is 0.137 e. The van der Waals surface area contributed by atoms with E-state index in [1.54, 1.807) is 17.2 Å². The van der Waals surface area contributed by atoms with Crippen molar-refractivity contribution in [3.05, 3.63) is 42.5 Å². The number of hydrogen-bond donors (Lipinski definition) is 1. The number of benzene rings is 1. The van der Waals surface area contributed by atoms with Gasteiger partial charge >= 0.3 is 0 Å². The Bertz CT molecular complexity index is 677. The van der Waals surface area contributed by atoms with Gasteiger partial charge < -0.3 is 5.32 Å². The zero-order valence-corrected chi connectivity index (χ0v) is 10.6. The minimum atomic E-state index is 0.739. The number of aryl methyl sites for hydroxylation is 1. The lowest BCUT2D eigenvalue weighted by Crippen LogP contribution is -2.12. The summed E-state index contributed by atoms with van der Waals surface area (Å²) in [5.74, 6) is 0.855. The molecule has 96 valence electrons. The maximum absolute atomic E-state index is 4.30. The van der Waals surface area contributed by atoms with Crippen molar-refractivity contribution < 1.29 is 0 Å². The molecule has 19 heavy (non-hydrogen) atoms. The zero-order chi connectivity index (χ0) is 13.1. The van der Waals surface area contributed by atoms with Crippen LogP contribution in [0.3, 0.4) is 0 Å². The normalized spacial score (nSPS) is 10.8. The lowest BCUT2D eigenvalue weighted by atomic mass is 10.1. The Morgan fingerprint density at radius 2 is 2.21 bits per heavy atom. The number of nitrogens with one attached hydrogen (secondary N) is 1. The lowest BCUT2D eigenvalue weighted by molar-refractivity contribution is 0.608. The molecule has 0 radical (unpaired) electrons. The van der Waals surface area contributed by atoms with Crippen molar-refractivity contribution in [1.29, 1.82) is 0 Å². The third-order valence-corrected chi connectivity index (χ3v) is 2.90. The van der Waals surface area contributed by atoms with Crippen LogP contribution in [0.2, 0.25) is 0 Å². The van der Waals surface area contributed by atoms with Crippen LogP contribution in [0, 0.1) is 6.92 Å². The van der Waals surface area contributed by atoms with E-state index in [9.17, 15) is 0 Å². The van der Waals surface area contributed by atoms with E-state index < -0.39 is 0 Å². The molecular weight excluding hydrogens is 240 g/mol. The molecule has 6 nitrogen and oxygen atoms in total. The fourth-order valence-electron chi connectivity index (χ4n) is 1.95. The molecule has 1 N–H and O–H groups in total. The summed E-state index contributed by atoms with van der Waals surface area (Å²) in [5, 5.41) is 12.0. The first-order valence-electron chi connectivity index (χ1n) is 6.12. The van der Waals surface area contributed by atoms with E-state index in [0.717, 1.165) is 29.8 Å². The average Bonchev–Trinajstić information content (AvgIpc) is 2.92. The van der Waals surface area contributed by atoms with E-state index >= 15 is 0 Å². The van der Waals surface area contributed by atoms with Crippen LogP contribution in [-0.2, 0) is 6.54 Å². The van der Waals surface area contributed by atoms with Gasteiger partial charge in [0.15, 0.2) is 0 Å². The van der Waals surface area contributed by atoms with Gasteiger partial charge in [-0.05, 0) is 19.1 Å². The number of hydrogen-bond acceptors (Lipinski definition) is 5. The summed E-state index contributed by atoms with van der Waals surface area (Å²) in [4.78, 5) is 8.56. The van der Waals surface area contributed by atoms with E-state index in [0.29, 0.717) is 0 Å². The molecule has 3 aromatic rings. The van der Waals surface area contributed by atoms with Gasteiger partial charge in [0.1, 0.15) is 12.1 Å². The van der Waals surface area contributed by atoms with E-state index in [1.807, 2.05) is 12.3 Å². The van der Waals surface area contributed by atoms with Gasteiger partial charge in [-0.1, -0.05) is 16.8 Å². The van der Waals surface area contributed by atoms with E-state index in [2.05, 4.69) is 44.7 Å². The second-order valence-electron chi connectivity index (χ2n) is 4.34. The molecule has 3 rings (SSSR count). The highest BCUT2D eigenvalue weighted by Crippen LogP contribution is 2.19. The minimum Gasteiger partial charge on any atom is -0.368 e. The van der Waals surface area contributed by atoms with E-state index in [1.165, 1.54) is 5.56 Å². The van der Waals surface area contributed by atoms with Crippen LogP contribution in [0.4, 0.5) is 5.82 Å². The third kappa shape index (κ3) is 2.52. The van der Waals surface area contributed by atoms with E-state index in [-0.39, 0.29) is 0 Å². The lowest BCUT2D eigenvalue weighted by Gasteiger charge is -2.08. The van der Waals surface area contributed by atoms with Crippen LogP contribution in [0.25, 0.3) is 10.9 Å². The number of fused-ring (bicyclic) bond motifs is 1. The highest BCUT2D eigenvalue weighted by Gasteiger charge is 2.03. The minimum absolute atomic E-state index is 0.739. The Balaban J connectivity index is 1.78. The molecule has 0 aliphatic heterocycles. The molecule has 2 heterocycles. The summed E-state index contributed by atoms with van der Waals surface area (Å²) >= 11 is 0. The molecule has 1 aromatic carbocycles. The first-order valence-corrected chi connectivity index (χ1v) is 6.12. The number of rotatable bonds is 4. The van der Waals surface area contributed by atoms with Crippen molar-refractivity contribution in [3.8, 4) is 0 Å². The second kappa shape index (κ2) is 5.01. The Morgan fingerprint density at radius 1 is 1.26 bits per heavy atom. The number of anilines is 1. The SMILES string of the molecule is Cc1ccc2ncnc(NCCn3ccnn3)c2c1. The third-order valence-electron chi connectivity index (χ3n) is 2.90. The molecule has 0 saturated carbocycles. The molecule has 0 spiro atoms. The molecule has 0 unspecified atom stereocenters. The largest absolute Gasteiger partial charge is 0.368 e. The predicted molar refractivity (Wildman–Crippen MR) is 72.8 cm³/mol. The molecule has 0 saturated heterocycles. The highest BCUT2D eigenvalue weighted by molar-refractivity contribution is 5.89. The van der Waals surface area contributed by atoms with Gasteiger partial charge in [0.25, 0.3) is 0 Å². The first kappa shape index (κ1) is 11.6. The van der Waals surface area contributed by atoms with Crippen molar-refractivity contribution in [2.24, 2.45) is 0 Å². The summed E-state index contributed by atoms with van der Waals surface area (Å²) in [7, 11) is 0. The zero-order valence-electron chi connectivity index (χ0n) is 10.6. The van der Waals surface area contributed by atoms with Gasteiger partial charge in [-0.3, -0.25) is 4.68 Å². The maximum Gasteiger partial charge on any atom is 0.137 e. The van der Waals surface area contributed by atoms with Crippen LogP contribution in [0.5, 0.6) is 0 Å². The van der Waals surface area contributed by atoms with Crippen molar-refractivity contribution in [2.45, 2.75) is 13.5 Å². The van der Waals surface area contributed by atoms with Gasteiger partial charge in [0, 0.05) is 18.1 Å². The summed E-state index contributed by atoms with van der Waals surface area (Å²) in [5.41, 5.74) is 2.14. The highest BCUT2D eigenvalue weighted by atomic mass is 15.4.